The fourth-order valence-electron chi connectivity index (χ4n) is 1.75. The molecular formula is C14H14FN3O2. The Balaban J connectivity index is 2.30. The van der Waals surface area contributed by atoms with Gasteiger partial charge < -0.3 is 21.5 Å². The minimum Gasteiger partial charge on any atom is -0.494 e. The van der Waals surface area contributed by atoms with Gasteiger partial charge in [0, 0.05) is 23.1 Å². The molecule has 0 unspecified atom stereocenters. The number of carbonyl (C=O) groups is 1. The third-order valence-electron chi connectivity index (χ3n) is 2.76. The summed E-state index contributed by atoms with van der Waals surface area (Å²) in [5, 5.41) is 3.02. The molecule has 5 nitrogen and oxygen atoms in total. The van der Waals surface area contributed by atoms with Gasteiger partial charge in [-0.25, -0.2) is 4.39 Å². The Bertz CT molecular complexity index is 659. The van der Waals surface area contributed by atoms with Gasteiger partial charge in [-0.05, 0) is 30.3 Å². The summed E-state index contributed by atoms with van der Waals surface area (Å²) in [5.41, 5.74) is 12.6. The zero-order chi connectivity index (χ0) is 14.7. The van der Waals surface area contributed by atoms with Crippen molar-refractivity contribution in [3.05, 3.63) is 47.8 Å². The molecule has 0 saturated heterocycles. The first-order valence-corrected chi connectivity index (χ1v) is 5.81. The van der Waals surface area contributed by atoms with Crippen molar-refractivity contribution in [1.82, 2.24) is 0 Å². The van der Waals surface area contributed by atoms with E-state index in [0.29, 0.717) is 17.1 Å². The number of nitrogens with one attached hydrogen (secondary N) is 1. The van der Waals surface area contributed by atoms with Crippen LogP contribution in [0.15, 0.2) is 36.4 Å². The summed E-state index contributed by atoms with van der Waals surface area (Å²) in [6, 6.07) is 9.15. The number of methoxy groups -OCH3 is 1. The van der Waals surface area contributed by atoms with Gasteiger partial charge in [0.25, 0.3) is 5.91 Å². The van der Waals surface area contributed by atoms with E-state index in [2.05, 4.69) is 5.32 Å². The molecule has 0 aliphatic heterocycles. The standard InChI is InChI=1S/C14H14FN3O2/c1-20-13-7-9(2-4-11(13)15)18-8-3-5-12(16)10(6-8)14(17)19/h2-7,18H,16H2,1H3,(H2,17,19). The number of nitrogens with two attached hydrogens (primary N) is 2. The zero-order valence-electron chi connectivity index (χ0n) is 10.8. The van der Waals surface area contributed by atoms with Crippen LogP contribution < -0.4 is 21.5 Å². The van der Waals surface area contributed by atoms with E-state index >= 15 is 0 Å². The van der Waals surface area contributed by atoms with Gasteiger partial charge in [-0.3, -0.25) is 4.79 Å². The number of primary amides is 1. The van der Waals surface area contributed by atoms with Crippen molar-refractivity contribution in [2.24, 2.45) is 5.73 Å². The first-order chi connectivity index (χ1) is 9.51. The highest BCUT2D eigenvalue weighted by atomic mass is 19.1. The zero-order valence-corrected chi connectivity index (χ0v) is 10.8. The van der Waals surface area contributed by atoms with Crippen molar-refractivity contribution < 1.29 is 13.9 Å². The molecule has 2 aromatic carbocycles. The predicted octanol–water partition coefficient (Wildman–Crippen LogP) is 2.26. The minimum absolute atomic E-state index is 0.126. The lowest BCUT2D eigenvalue weighted by atomic mass is 10.1. The summed E-state index contributed by atoms with van der Waals surface area (Å²) in [6.07, 6.45) is 0. The fraction of sp³-hybridized carbons (Fsp3) is 0.0714. The summed E-state index contributed by atoms with van der Waals surface area (Å²) in [7, 11) is 1.39. The van der Waals surface area contributed by atoms with Crippen LogP contribution in [0.3, 0.4) is 0 Å². The van der Waals surface area contributed by atoms with E-state index in [0.717, 1.165) is 0 Å². The quantitative estimate of drug-likeness (QED) is 0.746. The maximum Gasteiger partial charge on any atom is 0.250 e. The molecular weight excluding hydrogens is 261 g/mol. The molecule has 0 aliphatic carbocycles. The Hall–Kier alpha value is -2.76. The Morgan fingerprint density at radius 2 is 1.85 bits per heavy atom. The first-order valence-electron chi connectivity index (χ1n) is 5.81. The number of amides is 1. The number of hydrogen-bond donors (Lipinski definition) is 3. The number of anilines is 3. The van der Waals surface area contributed by atoms with E-state index in [1.165, 1.54) is 25.3 Å². The van der Waals surface area contributed by atoms with Crippen LogP contribution in [-0.4, -0.2) is 13.0 Å². The minimum atomic E-state index is -0.608. The van der Waals surface area contributed by atoms with Gasteiger partial charge >= 0.3 is 0 Å². The van der Waals surface area contributed by atoms with Crippen LogP contribution in [0.1, 0.15) is 10.4 Å². The second kappa shape index (κ2) is 5.48. The van der Waals surface area contributed by atoms with E-state index in [9.17, 15) is 9.18 Å². The average Bonchev–Trinajstić information content (AvgIpc) is 2.42. The van der Waals surface area contributed by atoms with Crippen LogP contribution in [0, 0.1) is 5.82 Å². The predicted molar refractivity (Wildman–Crippen MR) is 75.6 cm³/mol. The number of rotatable bonds is 4. The second-order valence-electron chi connectivity index (χ2n) is 4.14. The van der Waals surface area contributed by atoms with Crippen LogP contribution in [-0.2, 0) is 0 Å². The van der Waals surface area contributed by atoms with E-state index in [4.69, 9.17) is 16.2 Å². The van der Waals surface area contributed by atoms with E-state index in [1.807, 2.05) is 0 Å². The monoisotopic (exact) mass is 275 g/mol. The molecule has 2 rings (SSSR count). The largest absolute Gasteiger partial charge is 0.494 e. The van der Waals surface area contributed by atoms with Gasteiger partial charge in [0.1, 0.15) is 0 Å². The summed E-state index contributed by atoms with van der Waals surface area (Å²) in [4.78, 5) is 11.2. The van der Waals surface area contributed by atoms with Gasteiger partial charge in [-0.15, -0.1) is 0 Å². The molecule has 104 valence electrons. The van der Waals surface area contributed by atoms with E-state index in [-0.39, 0.29) is 11.3 Å². The Morgan fingerprint density at radius 3 is 2.50 bits per heavy atom. The van der Waals surface area contributed by atoms with Gasteiger partial charge in [-0.1, -0.05) is 0 Å². The first kappa shape index (κ1) is 13.7. The SMILES string of the molecule is COc1cc(Nc2ccc(N)c(C(N)=O)c2)ccc1F. The second-order valence-corrected chi connectivity index (χ2v) is 4.14. The summed E-state index contributed by atoms with van der Waals surface area (Å²) < 4.78 is 18.2. The summed E-state index contributed by atoms with van der Waals surface area (Å²) in [6.45, 7) is 0. The van der Waals surface area contributed by atoms with E-state index in [1.54, 1.807) is 18.2 Å². The number of carbonyl (C=O) groups excluding carboxylic acids is 1. The topological polar surface area (TPSA) is 90.4 Å². The highest BCUT2D eigenvalue weighted by molar-refractivity contribution is 5.99. The smallest absolute Gasteiger partial charge is 0.250 e. The lowest BCUT2D eigenvalue weighted by molar-refractivity contribution is 0.100. The van der Waals surface area contributed by atoms with Crippen molar-refractivity contribution >= 4 is 23.0 Å². The van der Waals surface area contributed by atoms with Gasteiger partial charge in [0.05, 0.1) is 12.7 Å². The number of ether oxygens (including phenoxy) is 1. The molecule has 5 N–H and O–H groups in total. The third-order valence-corrected chi connectivity index (χ3v) is 2.76. The summed E-state index contributed by atoms with van der Waals surface area (Å²) >= 11 is 0. The Labute approximate surface area is 115 Å². The highest BCUT2D eigenvalue weighted by Crippen LogP contribution is 2.25. The van der Waals surface area contributed by atoms with Crippen molar-refractivity contribution in [2.75, 3.05) is 18.2 Å². The van der Waals surface area contributed by atoms with E-state index < -0.39 is 11.7 Å². The number of halogens is 1. The molecule has 0 saturated carbocycles. The van der Waals surface area contributed by atoms with Crippen molar-refractivity contribution in [3.8, 4) is 5.75 Å². The summed E-state index contributed by atoms with van der Waals surface area (Å²) in [5.74, 6) is -0.934. The van der Waals surface area contributed by atoms with Gasteiger partial charge in [0.15, 0.2) is 11.6 Å². The molecule has 0 aromatic heterocycles. The van der Waals surface area contributed by atoms with Crippen LogP contribution in [0.2, 0.25) is 0 Å². The molecule has 0 radical (unpaired) electrons. The number of benzene rings is 2. The van der Waals surface area contributed by atoms with Gasteiger partial charge in [0.2, 0.25) is 0 Å². The molecule has 0 spiro atoms. The highest BCUT2D eigenvalue weighted by Gasteiger charge is 2.08. The fourth-order valence-corrected chi connectivity index (χ4v) is 1.75. The van der Waals surface area contributed by atoms with Crippen molar-refractivity contribution in [2.45, 2.75) is 0 Å². The molecule has 0 fully saturated rings. The lowest BCUT2D eigenvalue weighted by Crippen LogP contribution is -2.13. The maximum atomic E-state index is 13.3. The molecule has 0 atom stereocenters. The normalized spacial score (nSPS) is 10.1. The molecule has 6 heteroatoms. The molecule has 2 aromatic rings. The average molecular weight is 275 g/mol. The number of hydrogen-bond acceptors (Lipinski definition) is 4. The van der Waals surface area contributed by atoms with Crippen LogP contribution in [0.25, 0.3) is 0 Å². The Kier molecular flexibility index (Phi) is 3.74. The Morgan fingerprint density at radius 1 is 1.20 bits per heavy atom. The molecule has 1 amide bonds. The third kappa shape index (κ3) is 2.80. The van der Waals surface area contributed by atoms with Crippen LogP contribution in [0.5, 0.6) is 5.75 Å². The molecule has 0 aliphatic rings. The number of nitrogen functional groups attached to an aromatic ring is 1. The van der Waals surface area contributed by atoms with Crippen LogP contribution in [0.4, 0.5) is 21.5 Å². The van der Waals surface area contributed by atoms with Crippen LogP contribution >= 0.6 is 0 Å². The maximum absolute atomic E-state index is 13.3. The van der Waals surface area contributed by atoms with Crippen molar-refractivity contribution in [3.63, 3.8) is 0 Å². The molecule has 0 heterocycles. The van der Waals surface area contributed by atoms with Crippen molar-refractivity contribution in [1.29, 1.82) is 0 Å². The lowest BCUT2D eigenvalue weighted by Gasteiger charge is -2.10. The molecule has 0 bridgehead atoms. The molecule has 20 heavy (non-hydrogen) atoms. The van der Waals surface area contributed by atoms with Gasteiger partial charge in [-0.2, -0.15) is 0 Å².